The van der Waals surface area contributed by atoms with E-state index in [4.69, 9.17) is 18.0 Å². The molecule has 0 bridgehead atoms. The van der Waals surface area contributed by atoms with Crippen molar-refractivity contribution < 1.29 is 8.42 Å². The Bertz CT molecular complexity index is 548. The van der Waals surface area contributed by atoms with Crippen LogP contribution in [-0.2, 0) is 16.4 Å². The van der Waals surface area contributed by atoms with E-state index in [1.807, 2.05) is 6.92 Å². The number of aromatic nitrogens is 2. The predicted molar refractivity (Wildman–Crippen MR) is 71.6 cm³/mol. The molecule has 6 nitrogen and oxygen atoms in total. The van der Waals surface area contributed by atoms with E-state index in [-0.39, 0.29) is 15.9 Å². The second-order valence-electron chi connectivity index (χ2n) is 4.39. The molecule has 1 atom stereocenters. The number of aryl methyl sites for hydroxylation is 1. The number of nitrogens with two attached hydrogens (primary N) is 1. The maximum Gasteiger partial charge on any atom is 0.258 e. The van der Waals surface area contributed by atoms with E-state index < -0.39 is 16.1 Å². The summed E-state index contributed by atoms with van der Waals surface area (Å²) < 4.78 is 26.8. The van der Waals surface area contributed by atoms with Gasteiger partial charge in [0.1, 0.15) is 5.82 Å². The van der Waals surface area contributed by atoms with Crippen LogP contribution < -0.4 is 10.5 Å². The van der Waals surface area contributed by atoms with Crippen molar-refractivity contribution in [1.82, 2.24) is 14.7 Å². The number of hydrogen-bond acceptors (Lipinski definition) is 4. The lowest BCUT2D eigenvalue weighted by molar-refractivity contribution is 0.561. The molecule has 0 saturated heterocycles. The summed E-state index contributed by atoms with van der Waals surface area (Å²) in [6.45, 7) is 1.89. The number of thiocarbonyl (C=S) groups is 1. The fraction of sp³-hybridized carbons (Fsp3) is 0.600. The van der Waals surface area contributed by atoms with Crippen LogP contribution >= 0.6 is 12.2 Å². The first-order chi connectivity index (χ1) is 8.44. The fourth-order valence-electron chi connectivity index (χ4n) is 1.71. The number of aromatic amines is 1. The van der Waals surface area contributed by atoms with Gasteiger partial charge in [0.25, 0.3) is 10.0 Å². The van der Waals surface area contributed by atoms with E-state index in [0.29, 0.717) is 12.2 Å². The van der Waals surface area contributed by atoms with Gasteiger partial charge in [0.15, 0.2) is 5.03 Å². The van der Waals surface area contributed by atoms with E-state index >= 15 is 0 Å². The van der Waals surface area contributed by atoms with Gasteiger partial charge in [-0.05, 0) is 18.8 Å². The third kappa shape index (κ3) is 2.88. The summed E-state index contributed by atoms with van der Waals surface area (Å²) >= 11 is 4.90. The highest BCUT2D eigenvalue weighted by Gasteiger charge is 2.36. The lowest BCUT2D eigenvalue weighted by Crippen LogP contribution is -2.45. The molecule has 1 unspecified atom stereocenters. The molecule has 1 aromatic heterocycles. The van der Waals surface area contributed by atoms with Gasteiger partial charge >= 0.3 is 0 Å². The van der Waals surface area contributed by atoms with Crippen molar-refractivity contribution in [1.29, 1.82) is 0 Å². The van der Waals surface area contributed by atoms with Crippen LogP contribution in [0.1, 0.15) is 25.6 Å². The average molecular weight is 288 g/mol. The number of nitrogens with zero attached hydrogens (tertiary/aromatic N) is 1. The lowest BCUT2D eigenvalue weighted by Gasteiger charge is -2.15. The first-order valence-electron chi connectivity index (χ1n) is 5.79. The molecule has 1 aliphatic rings. The monoisotopic (exact) mass is 288 g/mol. The predicted octanol–water partition coefficient (Wildman–Crippen LogP) is 0.315. The maximum atomic E-state index is 12.1. The Hall–Kier alpha value is -0.990. The number of sulfonamides is 1. The van der Waals surface area contributed by atoms with Crippen LogP contribution in [0.25, 0.3) is 0 Å². The summed E-state index contributed by atoms with van der Waals surface area (Å²) in [5, 5.41) is 0.0567. The lowest BCUT2D eigenvalue weighted by atomic mass is 10.2. The molecule has 18 heavy (non-hydrogen) atoms. The molecule has 1 heterocycles. The molecule has 0 spiro atoms. The highest BCUT2D eigenvalue weighted by Crippen LogP contribution is 2.33. The molecule has 1 aliphatic carbocycles. The third-order valence-electron chi connectivity index (χ3n) is 2.91. The first-order valence-corrected chi connectivity index (χ1v) is 7.68. The van der Waals surface area contributed by atoms with Crippen LogP contribution in [0.2, 0.25) is 0 Å². The van der Waals surface area contributed by atoms with Crippen molar-refractivity contribution in [2.75, 3.05) is 0 Å². The van der Waals surface area contributed by atoms with Crippen LogP contribution in [-0.4, -0.2) is 29.4 Å². The van der Waals surface area contributed by atoms with E-state index in [1.165, 1.54) is 6.20 Å². The zero-order valence-electron chi connectivity index (χ0n) is 10.0. The molecule has 1 aromatic rings. The Morgan fingerprint density at radius 3 is 2.83 bits per heavy atom. The third-order valence-corrected chi connectivity index (χ3v) is 4.52. The van der Waals surface area contributed by atoms with E-state index in [2.05, 4.69) is 14.7 Å². The van der Waals surface area contributed by atoms with Crippen molar-refractivity contribution in [2.45, 2.75) is 37.3 Å². The highest BCUT2D eigenvalue weighted by atomic mass is 32.2. The number of nitrogens with one attached hydrogen (secondary N) is 2. The van der Waals surface area contributed by atoms with E-state index in [9.17, 15) is 8.42 Å². The molecule has 0 aliphatic heterocycles. The Balaban J connectivity index is 2.17. The van der Waals surface area contributed by atoms with Crippen molar-refractivity contribution in [3.8, 4) is 0 Å². The van der Waals surface area contributed by atoms with Crippen molar-refractivity contribution in [2.24, 2.45) is 11.7 Å². The Kier molecular flexibility index (Phi) is 3.69. The van der Waals surface area contributed by atoms with Gasteiger partial charge in [-0.2, -0.15) is 4.72 Å². The van der Waals surface area contributed by atoms with Gasteiger partial charge in [0, 0.05) is 6.42 Å². The Morgan fingerprint density at radius 1 is 1.72 bits per heavy atom. The van der Waals surface area contributed by atoms with Gasteiger partial charge in [0.2, 0.25) is 0 Å². The largest absolute Gasteiger partial charge is 0.392 e. The van der Waals surface area contributed by atoms with Crippen LogP contribution in [0.15, 0.2) is 11.2 Å². The molecule has 0 amide bonds. The molecule has 1 fully saturated rings. The summed E-state index contributed by atoms with van der Waals surface area (Å²) in [7, 11) is -3.63. The number of imidazole rings is 1. The highest BCUT2D eigenvalue weighted by molar-refractivity contribution is 7.89. The molecule has 8 heteroatoms. The minimum Gasteiger partial charge on any atom is -0.392 e. The topological polar surface area (TPSA) is 101 Å². The Morgan fingerprint density at radius 2 is 2.39 bits per heavy atom. The van der Waals surface area contributed by atoms with Crippen LogP contribution in [0, 0.1) is 5.92 Å². The quantitative estimate of drug-likeness (QED) is 0.654. The Labute approximate surface area is 111 Å². The normalized spacial score (nSPS) is 17.6. The molecular weight excluding hydrogens is 272 g/mol. The van der Waals surface area contributed by atoms with Gasteiger partial charge in [0.05, 0.1) is 17.2 Å². The van der Waals surface area contributed by atoms with Gasteiger partial charge in [-0.25, -0.2) is 13.4 Å². The molecule has 4 N–H and O–H groups in total. The zero-order chi connectivity index (χ0) is 13.3. The number of H-pyrrole nitrogens is 1. The SMILES string of the molecule is CCc1ncc(S(=O)(=O)NC(C(N)=S)C2CC2)[nH]1. The van der Waals surface area contributed by atoms with E-state index in [1.54, 1.807) is 0 Å². The van der Waals surface area contributed by atoms with Gasteiger partial charge in [-0.3, -0.25) is 0 Å². The van der Waals surface area contributed by atoms with Crippen molar-refractivity contribution >= 4 is 27.2 Å². The minimum absolute atomic E-state index is 0.0567. The average Bonchev–Trinajstić information content (AvgIpc) is 3.01. The smallest absolute Gasteiger partial charge is 0.258 e. The van der Waals surface area contributed by atoms with Crippen molar-refractivity contribution in [3.05, 3.63) is 12.0 Å². The second kappa shape index (κ2) is 4.94. The van der Waals surface area contributed by atoms with Gasteiger partial charge in [-0.1, -0.05) is 19.1 Å². The van der Waals surface area contributed by atoms with E-state index in [0.717, 1.165) is 12.8 Å². The summed E-state index contributed by atoms with van der Waals surface area (Å²) in [6.07, 6.45) is 3.86. The van der Waals surface area contributed by atoms with Gasteiger partial charge < -0.3 is 10.7 Å². The summed E-state index contributed by atoms with van der Waals surface area (Å²) in [4.78, 5) is 6.93. The molecule has 1 saturated carbocycles. The number of hydrogen-bond donors (Lipinski definition) is 3. The standard InChI is InChI=1S/C10H16N4O2S2/c1-2-7-12-5-8(13-7)18(15,16)14-9(10(11)17)6-3-4-6/h5-6,9,14H,2-4H2,1H3,(H2,11,17)(H,12,13). The minimum atomic E-state index is -3.63. The summed E-state index contributed by atoms with van der Waals surface area (Å²) in [5.74, 6) is 0.861. The first kappa shape index (κ1) is 13.4. The second-order valence-corrected chi connectivity index (χ2v) is 6.54. The number of rotatable bonds is 6. The molecular formula is C10H16N4O2S2. The van der Waals surface area contributed by atoms with Crippen molar-refractivity contribution in [3.63, 3.8) is 0 Å². The fourth-order valence-corrected chi connectivity index (χ4v) is 3.26. The van der Waals surface area contributed by atoms with Crippen LogP contribution in [0.5, 0.6) is 0 Å². The molecule has 100 valence electrons. The molecule has 0 radical (unpaired) electrons. The van der Waals surface area contributed by atoms with Crippen LogP contribution in [0.3, 0.4) is 0 Å². The summed E-state index contributed by atoms with van der Waals surface area (Å²) in [5.41, 5.74) is 5.57. The van der Waals surface area contributed by atoms with Gasteiger partial charge in [-0.15, -0.1) is 0 Å². The molecule has 0 aromatic carbocycles. The zero-order valence-corrected chi connectivity index (χ0v) is 11.6. The molecule has 2 rings (SSSR count). The summed E-state index contributed by atoms with van der Waals surface area (Å²) in [6, 6.07) is -0.460. The van der Waals surface area contributed by atoms with Crippen LogP contribution in [0.4, 0.5) is 0 Å². The maximum absolute atomic E-state index is 12.1.